The summed E-state index contributed by atoms with van der Waals surface area (Å²) in [6.45, 7) is 4.22. The van der Waals surface area contributed by atoms with Crippen molar-refractivity contribution in [2.75, 3.05) is 14.2 Å². The van der Waals surface area contributed by atoms with Crippen molar-refractivity contribution in [3.63, 3.8) is 0 Å². The summed E-state index contributed by atoms with van der Waals surface area (Å²) in [5.41, 5.74) is 2.04. The molecule has 1 atom stereocenters. The molecule has 0 aliphatic heterocycles. The molecule has 0 N–H and O–H groups in total. The highest BCUT2D eigenvalue weighted by atomic mass is 16.5. The number of carbonyl (C=O) groups excluding carboxylic acids is 1. The monoisotopic (exact) mass is 409 g/mol. The summed E-state index contributed by atoms with van der Waals surface area (Å²) in [7, 11) is 3.31. The molecule has 0 saturated carbocycles. The number of carbonyl (C=O) groups is 1. The van der Waals surface area contributed by atoms with E-state index in [1.165, 1.54) is 5.56 Å². The second-order valence-corrected chi connectivity index (χ2v) is 6.95. The lowest BCUT2D eigenvalue weighted by molar-refractivity contribution is -0.138. The lowest BCUT2D eigenvalue weighted by Crippen LogP contribution is -2.39. The van der Waals surface area contributed by atoms with E-state index in [2.05, 4.69) is 17.1 Å². The number of aromatic nitrogens is 2. The van der Waals surface area contributed by atoms with Gasteiger partial charge in [-0.15, -0.1) is 0 Å². The molecule has 1 amide bonds. The lowest BCUT2D eigenvalue weighted by atomic mass is 10.1. The molecule has 0 spiro atoms. The molecule has 2 aromatic carbocycles. The number of likely N-dealkylation sites (N-methyl/N-ethyl adjacent to an activating group) is 1. The molecule has 0 aliphatic rings. The zero-order valence-electron chi connectivity index (χ0n) is 17.8. The van der Waals surface area contributed by atoms with Gasteiger partial charge in [-0.2, -0.15) is 4.98 Å². The van der Waals surface area contributed by atoms with Crippen LogP contribution in [0.25, 0.3) is 11.4 Å². The molecule has 0 bridgehead atoms. The predicted octanol–water partition coefficient (Wildman–Crippen LogP) is 4.12. The van der Waals surface area contributed by atoms with Crippen molar-refractivity contribution in [1.29, 1.82) is 0 Å². The van der Waals surface area contributed by atoms with E-state index in [0.29, 0.717) is 23.9 Å². The van der Waals surface area contributed by atoms with Crippen molar-refractivity contribution in [3.05, 3.63) is 60.0 Å². The number of ether oxygens (including phenoxy) is 2. The second-order valence-electron chi connectivity index (χ2n) is 6.95. The van der Waals surface area contributed by atoms with Crippen molar-refractivity contribution in [2.45, 2.75) is 39.3 Å². The van der Waals surface area contributed by atoms with Crippen LogP contribution in [-0.2, 0) is 17.8 Å². The summed E-state index contributed by atoms with van der Waals surface area (Å²) in [5, 5.41) is 4.01. The molecular weight excluding hydrogens is 382 g/mol. The van der Waals surface area contributed by atoms with Crippen LogP contribution in [0.4, 0.5) is 0 Å². The summed E-state index contributed by atoms with van der Waals surface area (Å²) < 4.78 is 16.4. The molecule has 0 radical (unpaired) electrons. The molecule has 3 rings (SSSR count). The van der Waals surface area contributed by atoms with Gasteiger partial charge in [0.15, 0.2) is 6.10 Å². The van der Waals surface area contributed by atoms with E-state index in [1.807, 2.05) is 55.5 Å². The first-order valence-electron chi connectivity index (χ1n) is 10.0. The summed E-state index contributed by atoms with van der Waals surface area (Å²) in [6.07, 6.45) is 0.938. The third kappa shape index (κ3) is 5.17. The van der Waals surface area contributed by atoms with Crippen molar-refractivity contribution in [2.24, 2.45) is 0 Å². The first-order chi connectivity index (χ1) is 14.5. The molecule has 158 valence electrons. The Morgan fingerprint density at radius 1 is 1.07 bits per heavy atom. The molecule has 1 aromatic heterocycles. The Morgan fingerprint density at radius 3 is 2.33 bits per heavy atom. The van der Waals surface area contributed by atoms with Crippen LogP contribution in [0.5, 0.6) is 11.5 Å². The van der Waals surface area contributed by atoms with Crippen LogP contribution in [0.2, 0.25) is 0 Å². The van der Waals surface area contributed by atoms with E-state index in [9.17, 15) is 4.79 Å². The van der Waals surface area contributed by atoms with Crippen molar-refractivity contribution in [3.8, 4) is 22.9 Å². The van der Waals surface area contributed by atoms with Gasteiger partial charge in [0.2, 0.25) is 11.7 Å². The quantitative estimate of drug-likeness (QED) is 0.529. The second kappa shape index (κ2) is 9.91. The van der Waals surface area contributed by atoms with E-state index < -0.39 is 6.10 Å². The van der Waals surface area contributed by atoms with Gasteiger partial charge < -0.3 is 18.9 Å². The van der Waals surface area contributed by atoms with Crippen LogP contribution in [0, 0.1) is 0 Å². The van der Waals surface area contributed by atoms with Crippen molar-refractivity contribution < 1.29 is 18.8 Å². The van der Waals surface area contributed by atoms with Crippen LogP contribution >= 0.6 is 0 Å². The number of nitrogens with zero attached hydrogens (tertiary/aromatic N) is 3. The summed E-state index contributed by atoms with van der Waals surface area (Å²) in [4.78, 5) is 18.8. The Bertz CT molecular complexity index is 951. The normalized spacial score (nSPS) is 11.7. The summed E-state index contributed by atoms with van der Waals surface area (Å²) in [6, 6.07) is 15.2. The Hall–Kier alpha value is -3.35. The number of hydrogen-bond donors (Lipinski definition) is 0. The van der Waals surface area contributed by atoms with Crippen molar-refractivity contribution in [1.82, 2.24) is 15.0 Å². The highest BCUT2D eigenvalue weighted by Crippen LogP contribution is 2.21. The van der Waals surface area contributed by atoms with E-state index >= 15 is 0 Å². The molecular formula is C23H27N3O4. The predicted molar refractivity (Wildman–Crippen MR) is 113 cm³/mol. The topological polar surface area (TPSA) is 77.7 Å². The van der Waals surface area contributed by atoms with E-state index in [1.54, 1.807) is 19.1 Å². The largest absolute Gasteiger partial charge is 0.497 e. The standard InChI is InChI=1S/C23H27N3O4/c1-5-16-7-11-19(12-8-16)29-20(6-2)23(27)26(3)15-21-24-22(25-30-21)17-9-13-18(28-4)14-10-17/h7-14,20H,5-6,15H2,1-4H3. The minimum Gasteiger partial charge on any atom is -0.497 e. The number of rotatable bonds is 9. The van der Waals surface area contributed by atoms with E-state index in [-0.39, 0.29) is 12.5 Å². The minimum absolute atomic E-state index is 0.138. The third-order valence-corrected chi connectivity index (χ3v) is 4.82. The van der Waals surface area contributed by atoms with E-state index in [0.717, 1.165) is 17.7 Å². The lowest BCUT2D eigenvalue weighted by Gasteiger charge is -2.22. The van der Waals surface area contributed by atoms with Gasteiger partial charge in [-0.25, -0.2) is 0 Å². The van der Waals surface area contributed by atoms with Gasteiger partial charge >= 0.3 is 0 Å². The van der Waals surface area contributed by atoms with Crippen LogP contribution in [0.15, 0.2) is 53.1 Å². The van der Waals surface area contributed by atoms with E-state index in [4.69, 9.17) is 14.0 Å². The Kier molecular flexibility index (Phi) is 7.06. The minimum atomic E-state index is -0.577. The molecule has 30 heavy (non-hydrogen) atoms. The van der Waals surface area contributed by atoms with Crippen molar-refractivity contribution >= 4 is 5.91 Å². The Balaban J connectivity index is 1.62. The third-order valence-electron chi connectivity index (χ3n) is 4.82. The molecule has 0 fully saturated rings. The molecule has 1 heterocycles. The fraction of sp³-hybridized carbons (Fsp3) is 0.348. The number of aryl methyl sites for hydroxylation is 1. The first-order valence-corrected chi connectivity index (χ1v) is 10.0. The molecule has 7 nitrogen and oxygen atoms in total. The maximum atomic E-state index is 12.9. The number of benzene rings is 2. The molecule has 3 aromatic rings. The molecule has 1 unspecified atom stereocenters. The van der Waals surface area contributed by atoms with Crippen LogP contribution in [-0.4, -0.2) is 41.2 Å². The van der Waals surface area contributed by atoms with Gasteiger partial charge in [0, 0.05) is 12.6 Å². The maximum Gasteiger partial charge on any atom is 0.263 e. The van der Waals surface area contributed by atoms with Gasteiger partial charge in [-0.05, 0) is 54.8 Å². The highest BCUT2D eigenvalue weighted by molar-refractivity contribution is 5.80. The number of methoxy groups -OCH3 is 1. The SMILES string of the molecule is CCc1ccc(OC(CC)C(=O)N(C)Cc2nc(-c3ccc(OC)cc3)no2)cc1. The Morgan fingerprint density at radius 2 is 1.73 bits per heavy atom. The van der Waals surface area contributed by atoms with Gasteiger partial charge in [0.25, 0.3) is 5.91 Å². The average Bonchev–Trinajstić information content (AvgIpc) is 3.25. The molecule has 0 aliphatic carbocycles. The van der Waals surface area contributed by atoms with Gasteiger partial charge in [-0.1, -0.05) is 31.1 Å². The molecule has 7 heteroatoms. The van der Waals surface area contributed by atoms with Crippen LogP contribution in [0.3, 0.4) is 0 Å². The maximum absolute atomic E-state index is 12.9. The summed E-state index contributed by atoms with van der Waals surface area (Å²) >= 11 is 0. The average molecular weight is 409 g/mol. The first kappa shape index (κ1) is 21.4. The highest BCUT2D eigenvalue weighted by Gasteiger charge is 2.24. The van der Waals surface area contributed by atoms with Crippen LogP contribution < -0.4 is 9.47 Å². The van der Waals surface area contributed by atoms with Gasteiger partial charge in [-0.3, -0.25) is 4.79 Å². The van der Waals surface area contributed by atoms with Gasteiger partial charge in [0.1, 0.15) is 11.5 Å². The fourth-order valence-electron chi connectivity index (χ4n) is 2.98. The smallest absolute Gasteiger partial charge is 0.263 e. The Labute approximate surface area is 176 Å². The van der Waals surface area contributed by atoms with Crippen LogP contribution in [0.1, 0.15) is 31.7 Å². The molecule has 0 saturated heterocycles. The number of amides is 1. The number of hydrogen-bond acceptors (Lipinski definition) is 6. The van der Waals surface area contributed by atoms with Gasteiger partial charge in [0.05, 0.1) is 13.7 Å². The fourth-order valence-corrected chi connectivity index (χ4v) is 2.98. The zero-order chi connectivity index (χ0) is 21.5. The zero-order valence-corrected chi connectivity index (χ0v) is 17.8. The summed E-state index contributed by atoms with van der Waals surface area (Å²) in [5.74, 6) is 2.12.